The Kier molecular flexibility index (Phi) is 8.54. The van der Waals surface area contributed by atoms with Crippen LogP contribution < -0.4 is 26.1 Å². The van der Waals surface area contributed by atoms with Gasteiger partial charge in [0, 0.05) is 5.69 Å². The van der Waals surface area contributed by atoms with E-state index in [9.17, 15) is 19.2 Å². The van der Waals surface area contributed by atoms with Crippen molar-refractivity contribution in [1.82, 2.24) is 10.7 Å². The van der Waals surface area contributed by atoms with Crippen molar-refractivity contribution in [2.75, 3.05) is 17.7 Å². The number of methoxy groups -OCH3 is 1. The van der Waals surface area contributed by atoms with E-state index < -0.39 is 23.6 Å². The second-order valence-electron chi connectivity index (χ2n) is 7.66. The molecule has 0 unspecified atom stereocenters. The van der Waals surface area contributed by atoms with Gasteiger partial charge in [-0.15, -0.1) is 0 Å². The highest BCUT2D eigenvalue weighted by atomic mass is 16.5. The van der Waals surface area contributed by atoms with Crippen LogP contribution in [0, 0.1) is 13.8 Å². The van der Waals surface area contributed by atoms with E-state index in [1.54, 1.807) is 36.4 Å². The molecular formula is C25H25N5O6. The molecule has 4 amide bonds. The Hall–Kier alpha value is -4.93. The summed E-state index contributed by atoms with van der Waals surface area (Å²) in [6.45, 7) is 3.71. The molecule has 186 valence electrons. The zero-order valence-corrected chi connectivity index (χ0v) is 19.9. The van der Waals surface area contributed by atoms with Gasteiger partial charge in [-0.05, 0) is 55.8 Å². The lowest BCUT2D eigenvalue weighted by Crippen LogP contribution is -2.34. The molecule has 11 nitrogen and oxygen atoms in total. The lowest BCUT2D eigenvalue weighted by Gasteiger charge is -2.10. The van der Waals surface area contributed by atoms with Crippen LogP contribution in [0.2, 0.25) is 0 Å². The molecule has 0 fully saturated rings. The van der Waals surface area contributed by atoms with Crippen LogP contribution >= 0.6 is 0 Å². The largest absolute Gasteiger partial charge is 0.495 e. The molecule has 0 radical (unpaired) electrons. The van der Waals surface area contributed by atoms with Gasteiger partial charge in [-0.2, -0.15) is 5.10 Å². The van der Waals surface area contributed by atoms with E-state index in [-0.39, 0.29) is 12.3 Å². The third-order valence-corrected chi connectivity index (χ3v) is 4.79. The molecule has 0 aliphatic heterocycles. The fourth-order valence-corrected chi connectivity index (χ4v) is 2.94. The number of carbonyl (C=O) groups excluding carboxylic acids is 4. The zero-order chi connectivity index (χ0) is 26.1. The monoisotopic (exact) mass is 491 g/mol. The fraction of sp³-hybridized carbons (Fsp3) is 0.160. The average molecular weight is 492 g/mol. The van der Waals surface area contributed by atoms with E-state index in [0.717, 1.165) is 11.1 Å². The summed E-state index contributed by atoms with van der Waals surface area (Å²) in [5.74, 6) is -2.54. The first-order valence-corrected chi connectivity index (χ1v) is 10.8. The maximum atomic E-state index is 12.1. The summed E-state index contributed by atoms with van der Waals surface area (Å²) in [6.07, 6.45) is 1.19. The molecule has 11 heteroatoms. The number of carbonyl (C=O) groups is 4. The molecule has 0 aliphatic rings. The van der Waals surface area contributed by atoms with Crippen molar-refractivity contribution < 1.29 is 28.3 Å². The summed E-state index contributed by atoms with van der Waals surface area (Å²) in [4.78, 5) is 48.2. The first-order chi connectivity index (χ1) is 17.2. The number of nitrogens with one attached hydrogen (secondary N) is 4. The molecule has 0 atom stereocenters. The second kappa shape index (κ2) is 12.0. The van der Waals surface area contributed by atoms with Gasteiger partial charge < -0.3 is 25.1 Å². The van der Waals surface area contributed by atoms with E-state index in [4.69, 9.17) is 9.15 Å². The highest BCUT2D eigenvalue weighted by molar-refractivity contribution is 6.40. The zero-order valence-electron chi connectivity index (χ0n) is 19.9. The second-order valence-corrected chi connectivity index (χ2v) is 7.66. The Morgan fingerprint density at radius 1 is 0.861 bits per heavy atom. The molecule has 0 spiro atoms. The molecule has 0 aliphatic carbocycles. The first-order valence-electron chi connectivity index (χ1n) is 10.8. The van der Waals surface area contributed by atoms with E-state index in [1.807, 2.05) is 32.0 Å². The molecule has 3 aromatic rings. The van der Waals surface area contributed by atoms with Crippen LogP contribution in [-0.4, -0.2) is 37.0 Å². The van der Waals surface area contributed by atoms with E-state index in [0.29, 0.717) is 22.9 Å². The Morgan fingerprint density at radius 2 is 1.56 bits per heavy atom. The van der Waals surface area contributed by atoms with Crippen LogP contribution in [0.5, 0.6) is 5.75 Å². The van der Waals surface area contributed by atoms with Crippen molar-refractivity contribution in [2.45, 2.75) is 20.4 Å². The third kappa shape index (κ3) is 7.29. The number of aryl methyl sites for hydroxylation is 2. The quantitative estimate of drug-likeness (QED) is 0.226. The summed E-state index contributed by atoms with van der Waals surface area (Å²) < 4.78 is 10.6. The van der Waals surface area contributed by atoms with E-state index in [2.05, 4.69) is 26.5 Å². The van der Waals surface area contributed by atoms with Crippen molar-refractivity contribution in [3.63, 3.8) is 0 Å². The number of benzene rings is 2. The van der Waals surface area contributed by atoms with Gasteiger partial charge >= 0.3 is 23.6 Å². The van der Waals surface area contributed by atoms with Crippen LogP contribution in [0.25, 0.3) is 0 Å². The summed E-state index contributed by atoms with van der Waals surface area (Å²) in [7, 11) is 1.45. The van der Waals surface area contributed by atoms with Crippen LogP contribution in [-0.2, 0) is 25.7 Å². The molecule has 4 N–H and O–H groups in total. The minimum Gasteiger partial charge on any atom is -0.495 e. The smallest absolute Gasteiger partial charge is 0.329 e. The molecule has 0 saturated carbocycles. The molecule has 36 heavy (non-hydrogen) atoms. The molecule has 1 heterocycles. The first kappa shape index (κ1) is 25.7. The van der Waals surface area contributed by atoms with Crippen LogP contribution in [0.3, 0.4) is 0 Å². The van der Waals surface area contributed by atoms with E-state index >= 15 is 0 Å². The molecule has 3 rings (SSSR count). The minimum atomic E-state index is -0.992. The number of nitrogens with zero attached hydrogens (tertiary/aromatic N) is 1. The Morgan fingerprint density at radius 3 is 2.28 bits per heavy atom. The lowest BCUT2D eigenvalue weighted by molar-refractivity contribution is -0.136. The summed E-state index contributed by atoms with van der Waals surface area (Å²) >= 11 is 0. The van der Waals surface area contributed by atoms with Gasteiger partial charge in [0.05, 0.1) is 25.6 Å². The number of hydrazone groups is 1. The standard InChI is InChI=1S/C25H25N5O6/c1-15-4-7-17(8-5-15)28-23(32)22(31)26-13-18-9-10-19(36-18)14-27-30-25(34)24(33)29-20-12-16(2)6-11-21(20)35-3/h4-12,14H,13H2,1-3H3,(H,26,31)(H,28,32)(H,29,33)(H,30,34)/b27-14+. The normalized spacial score (nSPS) is 10.5. The maximum absolute atomic E-state index is 12.1. The molecular weight excluding hydrogens is 466 g/mol. The SMILES string of the molecule is COc1ccc(C)cc1NC(=O)C(=O)N/N=C/c1ccc(CNC(=O)C(=O)Nc2ccc(C)cc2)o1. The van der Waals surface area contributed by atoms with Gasteiger partial charge in [0.2, 0.25) is 0 Å². The van der Waals surface area contributed by atoms with Crippen LogP contribution in [0.15, 0.2) is 64.1 Å². The van der Waals surface area contributed by atoms with Gasteiger partial charge in [0.1, 0.15) is 17.3 Å². The highest BCUT2D eigenvalue weighted by Gasteiger charge is 2.16. The number of anilines is 2. The number of ether oxygens (including phenoxy) is 1. The van der Waals surface area contributed by atoms with Gasteiger partial charge in [0.25, 0.3) is 0 Å². The van der Waals surface area contributed by atoms with Crippen molar-refractivity contribution >= 4 is 41.2 Å². The minimum absolute atomic E-state index is 0.0406. The predicted octanol–water partition coefficient (Wildman–Crippen LogP) is 2.25. The molecule has 2 aromatic carbocycles. The Bertz CT molecular complexity index is 1300. The fourth-order valence-electron chi connectivity index (χ4n) is 2.94. The summed E-state index contributed by atoms with van der Waals surface area (Å²) in [5, 5.41) is 11.1. The molecule has 0 saturated heterocycles. The van der Waals surface area contributed by atoms with E-state index in [1.165, 1.54) is 13.3 Å². The van der Waals surface area contributed by atoms with Crippen molar-refractivity contribution in [1.29, 1.82) is 0 Å². The number of rotatable bonds is 7. The number of hydrogen-bond donors (Lipinski definition) is 4. The number of hydrogen-bond acceptors (Lipinski definition) is 7. The van der Waals surface area contributed by atoms with Crippen LogP contribution in [0.1, 0.15) is 22.6 Å². The van der Waals surface area contributed by atoms with Gasteiger partial charge in [-0.25, -0.2) is 5.43 Å². The lowest BCUT2D eigenvalue weighted by atomic mass is 10.2. The number of amides is 4. The van der Waals surface area contributed by atoms with Gasteiger partial charge in [0.15, 0.2) is 0 Å². The molecule has 1 aromatic heterocycles. The van der Waals surface area contributed by atoms with Crippen LogP contribution in [0.4, 0.5) is 11.4 Å². The summed E-state index contributed by atoms with van der Waals surface area (Å²) in [6, 6.07) is 15.3. The third-order valence-electron chi connectivity index (χ3n) is 4.79. The number of furan rings is 1. The van der Waals surface area contributed by atoms with Crippen molar-refractivity contribution in [3.8, 4) is 5.75 Å². The van der Waals surface area contributed by atoms with Gasteiger partial charge in [-0.3, -0.25) is 19.2 Å². The van der Waals surface area contributed by atoms with Gasteiger partial charge in [-0.1, -0.05) is 23.8 Å². The predicted molar refractivity (Wildman–Crippen MR) is 132 cm³/mol. The van der Waals surface area contributed by atoms with Crippen molar-refractivity contribution in [2.24, 2.45) is 5.10 Å². The topological polar surface area (TPSA) is 151 Å². The molecule has 0 bridgehead atoms. The Labute approximate surface area is 206 Å². The summed E-state index contributed by atoms with van der Waals surface area (Å²) in [5.41, 5.74) is 4.86. The average Bonchev–Trinajstić information content (AvgIpc) is 3.31. The maximum Gasteiger partial charge on any atom is 0.329 e. The Balaban J connectivity index is 1.45. The highest BCUT2D eigenvalue weighted by Crippen LogP contribution is 2.25. The van der Waals surface area contributed by atoms with Crippen molar-refractivity contribution in [3.05, 3.63) is 77.2 Å².